The second kappa shape index (κ2) is 13.9. The minimum Gasteiger partial charge on any atom is -0.459 e. The van der Waals surface area contributed by atoms with Gasteiger partial charge in [-0.15, -0.1) is 11.3 Å². The van der Waals surface area contributed by atoms with Gasteiger partial charge in [0.1, 0.15) is 6.54 Å². The van der Waals surface area contributed by atoms with Crippen LogP contribution in [0.1, 0.15) is 63.7 Å². The Labute approximate surface area is 205 Å². The van der Waals surface area contributed by atoms with Crippen LogP contribution in [0.3, 0.4) is 0 Å². The molecule has 2 N–H and O–H groups in total. The third-order valence-corrected chi connectivity index (χ3v) is 6.29. The third-order valence-electron chi connectivity index (χ3n) is 5.48. The Bertz CT molecular complexity index is 908. The van der Waals surface area contributed by atoms with Gasteiger partial charge in [-0.1, -0.05) is 13.8 Å². The molecule has 0 radical (unpaired) electrons. The summed E-state index contributed by atoms with van der Waals surface area (Å²) >= 11 is 1.25. The van der Waals surface area contributed by atoms with E-state index in [9.17, 15) is 14.4 Å². The highest BCUT2D eigenvalue weighted by molar-refractivity contribution is 7.13. The molecule has 0 fully saturated rings. The van der Waals surface area contributed by atoms with Crippen LogP contribution in [0.4, 0.5) is 5.13 Å². The Kier molecular flexibility index (Phi) is 11.2. The van der Waals surface area contributed by atoms with Crippen LogP contribution in [0, 0.1) is 0 Å². The van der Waals surface area contributed by atoms with Crippen LogP contribution in [0.5, 0.6) is 0 Å². The van der Waals surface area contributed by atoms with Crippen molar-refractivity contribution in [3.63, 3.8) is 0 Å². The molecule has 1 atom stereocenters. The second-order valence-electron chi connectivity index (χ2n) is 8.51. The Morgan fingerprint density at radius 1 is 1.15 bits per heavy atom. The number of carbonyl (C=O) groups is 3. The summed E-state index contributed by atoms with van der Waals surface area (Å²) < 4.78 is 5.16. The molecule has 2 aromatic rings. The SMILES string of the molecule is CCN(CC)CCCC(C)NC(=O)Cc1csc(NC(=O)CN(C(=O)c2ccco2)C(C)C)n1. The first kappa shape index (κ1) is 27.5. The van der Waals surface area contributed by atoms with Gasteiger partial charge in [0.05, 0.1) is 18.4 Å². The lowest BCUT2D eigenvalue weighted by molar-refractivity contribution is -0.121. The fourth-order valence-corrected chi connectivity index (χ4v) is 4.24. The summed E-state index contributed by atoms with van der Waals surface area (Å²) in [6.45, 7) is 13.0. The summed E-state index contributed by atoms with van der Waals surface area (Å²) in [5.41, 5.74) is 0.598. The summed E-state index contributed by atoms with van der Waals surface area (Å²) in [5, 5.41) is 7.89. The predicted molar refractivity (Wildman–Crippen MR) is 134 cm³/mol. The lowest BCUT2D eigenvalue weighted by Gasteiger charge is -2.24. The smallest absolute Gasteiger partial charge is 0.290 e. The van der Waals surface area contributed by atoms with Crippen LogP contribution in [0.15, 0.2) is 28.2 Å². The zero-order valence-corrected chi connectivity index (χ0v) is 21.6. The quantitative estimate of drug-likeness (QED) is 0.419. The Hall–Kier alpha value is -2.72. The van der Waals surface area contributed by atoms with Crippen molar-refractivity contribution >= 4 is 34.2 Å². The maximum Gasteiger partial charge on any atom is 0.290 e. The van der Waals surface area contributed by atoms with Crippen molar-refractivity contribution in [2.75, 3.05) is 31.5 Å². The molecule has 0 aliphatic heterocycles. The van der Waals surface area contributed by atoms with Gasteiger partial charge < -0.3 is 24.9 Å². The molecule has 0 bridgehead atoms. The number of rotatable bonds is 14. The van der Waals surface area contributed by atoms with Gasteiger partial charge >= 0.3 is 0 Å². The van der Waals surface area contributed by atoms with Crippen LogP contribution in [-0.2, 0) is 16.0 Å². The fraction of sp³-hybridized carbons (Fsp3) is 0.583. The molecule has 10 heteroatoms. The van der Waals surface area contributed by atoms with Crippen molar-refractivity contribution in [1.82, 2.24) is 20.1 Å². The van der Waals surface area contributed by atoms with Crippen LogP contribution in [0.2, 0.25) is 0 Å². The molecule has 0 saturated carbocycles. The average molecular weight is 492 g/mol. The third kappa shape index (κ3) is 8.90. The summed E-state index contributed by atoms with van der Waals surface area (Å²) in [4.78, 5) is 45.6. The van der Waals surface area contributed by atoms with Gasteiger partial charge in [-0.3, -0.25) is 14.4 Å². The van der Waals surface area contributed by atoms with Crippen molar-refractivity contribution in [2.24, 2.45) is 0 Å². The summed E-state index contributed by atoms with van der Waals surface area (Å²) in [5.74, 6) is -0.612. The first-order valence-electron chi connectivity index (χ1n) is 11.8. The Morgan fingerprint density at radius 3 is 2.50 bits per heavy atom. The number of nitrogens with one attached hydrogen (secondary N) is 2. The number of hydrogen-bond acceptors (Lipinski definition) is 7. The Morgan fingerprint density at radius 2 is 1.88 bits per heavy atom. The largest absolute Gasteiger partial charge is 0.459 e. The number of aromatic nitrogens is 1. The fourth-order valence-electron chi connectivity index (χ4n) is 3.51. The molecule has 188 valence electrons. The number of thiazole rings is 1. The lowest BCUT2D eigenvalue weighted by atomic mass is 10.1. The van der Waals surface area contributed by atoms with E-state index < -0.39 is 0 Å². The van der Waals surface area contributed by atoms with Crippen molar-refractivity contribution in [2.45, 2.75) is 66.0 Å². The predicted octanol–water partition coefficient (Wildman–Crippen LogP) is 3.39. The minimum absolute atomic E-state index is 0.0893. The number of anilines is 1. The van der Waals surface area contributed by atoms with E-state index in [0.717, 1.165) is 32.5 Å². The summed E-state index contributed by atoms with van der Waals surface area (Å²) in [6, 6.07) is 3.11. The van der Waals surface area contributed by atoms with Gasteiger partial charge in [-0.2, -0.15) is 0 Å². The van der Waals surface area contributed by atoms with Crippen molar-refractivity contribution in [1.29, 1.82) is 0 Å². The second-order valence-corrected chi connectivity index (χ2v) is 9.37. The number of amides is 3. The van der Waals surface area contributed by atoms with Crippen LogP contribution < -0.4 is 10.6 Å². The number of furan rings is 1. The minimum atomic E-state index is -0.360. The van der Waals surface area contributed by atoms with Gasteiger partial charge in [0.25, 0.3) is 5.91 Å². The summed E-state index contributed by atoms with van der Waals surface area (Å²) in [7, 11) is 0. The molecule has 2 heterocycles. The van der Waals surface area contributed by atoms with Crippen molar-refractivity contribution in [3.05, 3.63) is 35.2 Å². The highest BCUT2D eigenvalue weighted by Crippen LogP contribution is 2.17. The van der Waals surface area contributed by atoms with E-state index in [1.165, 1.54) is 22.5 Å². The van der Waals surface area contributed by atoms with E-state index in [0.29, 0.717) is 10.8 Å². The molecule has 0 spiro atoms. The van der Waals surface area contributed by atoms with Gasteiger partial charge in [0.15, 0.2) is 10.9 Å². The van der Waals surface area contributed by atoms with Crippen LogP contribution in [-0.4, -0.2) is 70.8 Å². The standard InChI is InChI=1S/C24H37N5O4S/c1-6-28(7-2)12-8-10-18(5)25-21(30)14-19-16-34-24(26-19)27-22(31)15-29(17(3)4)23(32)20-11-9-13-33-20/h9,11,13,16-18H,6-8,10,12,14-15H2,1-5H3,(H,25,30)(H,26,27,31). The van der Waals surface area contributed by atoms with Gasteiger partial charge in [0, 0.05) is 17.5 Å². The molecule has 0 saturated heterocycles. The van der Waals surface area contributed by atoms with Crippen LogP contribution in [0.25, 0.3) is 0 Å². The lowest BCUT2D eigenvalue weighted by Crippen LogP contribution is -2.42. The topological polar surface area (TPSA) is 108 Å². The molecule has 34 heavy (non-hydrogen) atoms. The van der Waals surface area contributed by atoms with E-state index in [1.54, 1.807) is 17.5 Å². The van der Waals surface area contributed by atoms with E-state index in [2.05, 4.69) is 34.4 Å². The molecule has 2 rings (SSSR count). The van der Waals surface area contributed by atoms with Gasteiger partial charge in [-0.25, -0.2) is 4.98 Å². The molecule has 2 aromatic heterocycles. The molecule has 0 aliphatic rings. The first-order chi connectivity index (χ1) is 16.2. The average Bonchev–Trinajstić information content (AvgIpc) is 3.47. The van der Waals surface area contributed by atoms with E-state index in [4.69, 9.17) is 4.42 Å². The van der Waals surface area contributed by atoms with Crippen LogP contribution >= 0.6 is 11.3 Å². The molecule has 1 unspecified atom stereocenters. The Balaban J connectivity index is 1.80. The zero-order valence-electron chi connectivity index (χ0n) is 20.8. The zero-order chi connectivity index (χ0) is 25.1. The van der Waals surface area contributed by atoms with Gasteiger partial charge in [0.2, 0.25) is 11.8 Å². The summed E-state index contributed by atoms with van der Waals surface area (Å²) in [6.07, 6.45) is 3.53. The molecule has 0 aromatic carbocycles. The van der Waals surface area contributed by atoms with Crippen molar-refractivity contribution < 1.29 is 18.8 Å². The molecule has 3 amide bonds. The molecular weight excluding hydrogens is 454 g/mol. The van der Waals surface area contributed by atoms with E-state index in [-0.39, 0.29) is 48.5 Å². The monoisotopic (exact) mass is 491 g/mol. The maximum atomic E-state index is 12.6. The number of nitrogens with zero attached hydrogens (tertiary/aromatic N) is 3. The highest BCUT2D eigenvalue weighted by Gasteiger charge is 2.24. The number of hydrogen-bond donors (Lipinski definition) is 2. The van der Waals surface area contributed by atoms with E-state index in [1.807, 2.05) is 20.8 Å². The molecular formula is C24H37N5O4S. The molecule has 0 aliphatic carbocycles. The highest BCUT2D eigenvalue weighted by atomic mass is 32.1. The van der Waals surface area contributed by atoms with Crippen molar-refractivity contribution in [3.8, 4) is 0 Å². The maximum absolute atomic E-state index is 12.6. The normalized spacial score (nSPS) is 12.1. The van der Waals surface area contributed by atoms with Gasteiger partial charge in [-0.05, 0) is 65.4 Å². The first-order valence-corrected chi connectivity index (χ1v) is 12.7. The number of carbonyl (C=O) groups excluding carboxylic acids is 3. The molecule has 9 nitrogen and oxygen atoms in total. The van der Waals surface area contributed by atoms with E-state index >= 15 is 0 Å².